The van der Waals surface area contributed by atoms with E-state index in [0.717, 1.165) is 5.56 Å². The van der Waals surface area contributed by atoms with Crippen molar-refractivity contribution in [1.82, 2.24) is 0 Å². The summed E-state index contributed by atoms with van der Waals surface area (Å²) in [6.45, 7) is 1.99. The molecule has 0 heterocycles. The molecule has 0 atom stereocenters. The fourth-order valence-corrected chi connectivity index (χ4v) is 1.92. The lowest BCUT2D eigenvalue weighted by Crippen LogP contribution is -2.06. The molecule has 3 nitrogen and oxygen atoms in total. The highest BCUT2D eigenvalue weighted by Gasteiger charge is 2.10. The van der Waals surface area contributed by atoms with Gasteiger partial charge in [-0.15, -0.1) is 0 Å². The van der Waals surface area contributed by atoms with E-state index in [4.69, 9.17) is 0 Å². The van der Waals surface area contributed by atoms with Crippen LogP contribution in [-0.2, 0) is 11.3 Å². The van der Waals surface area contributed by atoms with Gasteiger partial charge in [0.1, 0.15) is 11.6 Å². The summed E-state index contributed by atoms with van der Waals surface area (Å²) in [5.41, 5.74) is 1.80. The van der Waals surface area contributed by atoms with Crippen molar-refractivity contribution < 1.29 is 18.3 Å². The third-order valence-electron chi connectivity index (χ3n) is 3.09. The van der Waals surface area contributed by atoms with Gasteiger partial charge in [-0.1, -0.05) is 12.1 Å². The highest BCUT2D eigenvalue weighted by atomic mass is 19.1. The smallest absolute Gasteiger partial charge is 0.337 e. The zero-order valence-corrected chi connectivity index (χ0v) is 11.7. The number of nitrogens with one attached hydrogen (secondary N) is 1. The molecule has 2 rings (SSSR count). The first kappa shape index (κ1) is 15.0. The molecule has 2 aromatic rings. The summed E-state index contributed by atoms with van der Waals surface area (Å²) >= 11 is 0. The van der Waals surface area contributed by atoms with Crippen LogP contribution in [0.1, 0.15) is 21.5 Å². The van der Waals surface area contributed by atoms with Gasteiger partial charge in [-0.25, -0.2) is 13.6 Å². The predicted molar refractivity (Wildman–Crippen MR) is 76.2 cm³/mol. The van der Waals surface area contributed by atoms with E-state index in [2.05, 4.69) is 10.1 Å². The molecule has 0 aliphatic heterocycles. The number of methoxy groups -OCH3 is 1. The SMILES string of the molecule is COC(=O)c1ccc(F)c(NCc2ccc(F)c(C)c2)c1. The molecule has 0 radical (unpaired) electrons. The lowest BCUT2D eigenvalue weighted by molar-refractivity contribution is 0.0600. The number of aryl methyl sites for hydroxylation is 1. The van der Waals surface area contributed by atoms with Gasteiger partial charge in [-0.05, 0) is 42.3 Å². The van der Waals surface area contributed by atoms with Gasteiger partial charge in [0.2, 0.25) is 0 Å². The maximum Gasteiger partial charge on any atom is 0.337 e. The van der Waals surface area contributed by atoms with Crippen LogP contribution in [0.25, 0.3) is 0 Å². The average molecular weight is 291 g/mol. The standard InChI is InChI=1S/C16H15F2NO2/c1-10-7-11(3-5-13(10)17)9-19-15-8-12(16(20)21-2)4-6-14(15)18/h3-8,19H,9H2,1-2H3. The van der Waals surface area contributed by atoms with Crippen molar-refractivity contribution in [3.8, 4) is 0 Å². The van der Waals surface area contributed by atoms with E-state index in [1.165, 1.54) is 31.4 Å². The summed E-state index contributed by atoms with van der Waals surface area (Å²) in [6.07, 6.45) is 0. The monoisotopic (exact) mass is 291 g/mol. The number of ether oxygens (including phenoxy) is 1. The molecule has 5 heteroatoms. The second kappa shape index (κ2) is 6.35. The molecule has 1 N–H and O–H groups in total. The fourth-order valence-electron chi connectivity index (χ4n) is 1.92. The molecule has 0 aliphatic rings. The van der Waals surface area contributed by atoms with Crippen LogP contribution in [0.4, 0.5) is 14.5 Å². The minimum Gasteiger partial charge on any atom is -0.465 e. The van der Waals surface area contributed by atoms with E-state index in [-0.39, 0.29) is 17.1 Å². The van der Waals surface area contributed by atoms with Crippen molar-refractivity contribution in [2.75, 3.05) is 12.4 Å². The Morgan fingerprint density at radius 1 is 1.14 bits per heavy atom. The lowest BCUT2D eigenvalue weighted by Gasteiger charge is -2.10. The second-order valence-electron chi connectivity index (χ2n) is 4.62. The van der Waals surface area contributed by atoms with Crippen molar-refractivity contribution in [3.05, 3.63) is 64.7 Å². The molecule has 2 aromatic carbocycles. The molecule has 0 amide bonds. The number of anilines is 1. The lowest BCUT2D eigenvalue weighted by atomic mass is 10.1. The first-order valence-electron chi connectivity index (χ1n) is 6.38. The number of rotatable bonds is 4. The second-order valence-corrected chi connectivity index (χ2v) is 4.62. The Bertz CT molecular complexity index is 671. The molecule has 0 aliphatic carbocycles. The topological polar surface area (TPSA) is 38.3 Å². The zero-order chi connectivity index (χ0) is 15.4. The normalized spacial score (nSPS) is 10.3. The average Bonchev–Trinajstić information content (AvgIpc) is 2.49. The van der Waals surface area contributed by atoms with Gasteiger partial charge in [0, 0.05) is 6.54 Å². The van der Waals surface area contributed by atoms with Gasteiger partial charge >= 0.3 is 5.97 Å². The van der Waals surface area contributed by atoms with Gasteiger partial charge in [0.25, 0.3) is 0 Å². The van der Waals surface area contributed by atoms with E-state index < -0.39 is 11.8 Å². The Morgan fingerprint density at radius 3 is 2.52 bits per heavy atom. The van der Waals surface area contributed by atoms with Crippen LogP contribution in [0.2, 0.25) is 0 Å². The minimum atomic E-state index is -0.532. The van der Waals surface area contributed by atoms with Gasteiger partial charge in [-0.2, -0.15) is 0 Å². The number of benzene rings is 2. The number of halogens is 2. The van der Waals surface area contributed by atoms with Crippen LogP contribution in [0.3, 0.4) is 0 Å². The Balaban J connectivity index is 2.15. The van der Waals surface area contributed by atoms with Crippen LogP contribution in [0.15, 0.2) is 36.4 Å². The Labute approximate surface area is 121 Å². The third kappa shape index (κ3) is 3.56. The summed E-state index contributed by atoms with van der Waals surface area (Å²) in [4.78, 5) is 11.4. The Morgan fingerprint density at radius 2 is 1.86 bits per heavy atom. The first-order chi connectivity index (χ1) is 10.0. The molecule has 0 saturated heterocycles. The van der Waals surface area contributed by atoms with Crippen molar-refractivity contribution in [2.45, 2.75) is 13.5 Å². The van der Waals surface area contributed by atoms with Crippen molar-refractivity contribution in [3.63, 3.8) is 0 Å². The van der Waals surface area contributed by atoms with Crippen LogP contribution >= 0.6 is 0 Å². The van der Waals surface area contributed by atoms with Gasteiger partial charge < -0.3 is 10.1 Å². The number of carbonyl (C=O) groups is 1. The van der Waals surface area contributed by atoms with Gasteiger partial charge in [0.05, 0.1) is 18.4 Å². The minimum absolute atomic E-state index is 0.194. The highest BCUT2D eigenvalue weighted by molar-refractivity contribution is 5.90. The largest absolute Gasteiger partial charge is 0.465 e. The molecular weight excluding hydrogens is 276 g/mol. The van der Waals surface area contributed by atoms with E-state index >= 15 is 0 Å². The maximum atomic E-state index is 13.7. The van der Waals surface area contributed by atoms with E-state index in [0.29, 0.717) is 12.1 Å². The van der Waals surface area contributed by atoms with Crippen molar-refractivity contribution in [2.24, 2.45) is 0 Å². The third-order valence-corrected chi connectivity index (χ3v) is 3.09. The molecule has 21 heavy (non-hydrogen) atoms. The van der Waals surface area contributed by atoms with E-state index in [1.54, 1.807) is 19.1 Å². The molecule has 0 aromatic heterocycles. The summed E-state index contributed by atoms with van der Waals surface area (Å²) in [5, 5.41) is 2.89. The molecule has 0 unspecified atom stereocenters. The molecule has 110 valence electrons. The van der Waals surface area contributed by atoms with E-state index in [9.17, 15) is 13.6 Å². The number of hydrogen-bond acceptors (Lipinski definition) is 3. The summed E-state index contributed by atoms with van der Waals surface area (Å²) in [5.74, 6) is -1.28. The summed E-state index contributed by atoms with van der Waals surface area (Å²) in [7, 11) is 1.26. The van der Waals surface area contributed by atoms with Gasteiger partial charge in [-0.3, -0.25) is 0 Å². The summed E-state index contributed by atoms with van der Waals surface area (Å²) in [6, 6.07) is 8.62. The first-order valence-corrected chi connectivity index (χ1v) is 6.38. The van der Waals surface area contributed by atoms with Crippen LogP contribution in [-0.4, -0.2) is 13.1 Å². The Hall–Kier alpha value is -2.43. The zero-order valence-electron chi connectivity index (χ0n) is 11.7. The Kier molecular flexibility index (Phi) is 4.52. The molecule has 0 fully saturated rings. The molecular formula is C16H15F2NO2. The van der Waals surface area contributed by atoms with Crippen LogP contribution in [0.5, 0.6) is 0 Å². The van der Waals surface area contributed by atoms with E-state index in [1.807, 2.05) is 0 Å². The fraction of sp³-hybridized carbons (Fsp3) is 0.188. The van der Waals surface area contributed by atoms with Crippen molar-refractivity contribution >= 4 is 11.7 Å². The van der Waals surface area contributed by atoms with Crippen LogP contribution in [0, 0.1) is 18.6 Å². The maximum absolute atomic E-state index is 13.7. The highest BCUT2D eigenvalue weighted by Crippen LogP contribution is 2.18. The van der Waals surface area contributed by atoms with Crippen LogP contribution < -0.4 is 5.32 Å². The molecule has 0 bridgehead atoms. The molecule has 0 saturated carbocycles. The molecule has 0 spiro atoms. The number of hydrogen-bond donors (Lipinski definition) is 1. The van der Waals surface area contributed by atoms with Crippen molar-refractivity contribution in [1.29, 1.82) is 0 Å². The predicted octanol–water partition coefficient (Wildman–Crippen LogP) is 3.67. The number of esters is 1. The quantitative estimate of drug-likeness (QED) is 0.873. The number of carbonyl (C=O) groups excluding carboxylic acids is 1. The van der Waals surface area contributed by atoms with Gasteiger partial charge in [0.15, 0.2) is 0 Å². The summed E-state index contributed by atoms with van der Waals surface area (Å²) < 4.78 is 31.5.